The minimum Gasteiger partial charge on any atom is -0.353 e. The third kappa shape index (κ3) is 3.77. The number of rotatable bonds is 3. The highest BCUT2D eigenvalue weighted by atomic mass is 19.4. The predicted molar refractivity (Wildman–Crippen MR) is 105 cm³/mol. The number of aromatic amines is 1. The van der Waals surface area contributed by atoms with Crippen LogP contribution in [0, 0.1) is 0 Å². The summed E-state index contributed by atoms with van der Waals surface area (Å²) in [4.78, 5) is 35.7. The summed E-state index contributed by atoms with van der Waals surface area (Å²) >= 11 is 0. The van der Waals surface area contributed by atoms with Crippen molar-refractivity contribution in [3.63, 3.8) is 0 Å². The first-order valence-electron chi connectivity index (χ1n) is 8.75. The van der Waals surface area contributed by atoms with E-state index in [0.29, 0.717) is 0 Å². The van der Waals surface area contributed by atoms with Crippen molar-refractivity contribution in [1.82, 2.24) is 15.0 Å². The van der Waals surface area contributed by atoms with Crippen molar-refractivity contribution in [2.24, 2.45) is 0 Å². The van der Waals surface area contributed by atoms with Crippen LogP contribution in [0.2, 0.25) is 0 Å². The smallest absolute Gasteiger partial charge is 0.353 e. The number of nitrogens with zero attached hydrogens (tertiary/aromatic N) is 2. The maximum Gasteiger partial charge on any atom is 0.416 e. The molecule has 4 rings (SSSR count). The van der Waals surface area contributed by atoms with Gasteiger partial charge in [-0.25, -0.2) is 9.97 Å². The van der Waals surface area contributed by atoms with Gasteiger partial charge < -0.3 is 10.3 Å². The molecule has 0 radical (unpaired) electrons. The second kappa shape index (κ2) is 7.43. The molecule has 0 atom stereocenters. The van der Waals surface area contributed by atoms with E-state index in [9.17, 15) is 22.8 Å². The first kappa shape index (κ1) is 19.3. The summed E-state index contributed by atoms with van der Waals surface area (Å²) < 4.78 is 39.2. The molecule has 0 bridgehead atoms. The lowest BCUT2D eigenvalue weighted by molar-refractivity contribution is -0.137. The van der Waals surface area contributed by atoms with Crippen LogP contribution < -0.4 is 10.7 Å². The summed E-state index contributed by atoms with van der Waals surface area (Å²) in [6, 6.07) is 12.1. The fourth-order valence-electron chi connectivity index (χ4n) is 2.99. The van der Waals surface area contributed by atoms with E-state index in [1.807, 2.05) is 0 Å². The molecule has 0 aliphatic rings. The van der Waals surface area contributed by atoms with Gasteiger partial charge in [-0.3, -0.25) is 9.59 Å². The molecule has 0 fully saturated rings. The normalized spacial score (nSPS) is 11.4. The minimum atomic E-state index is -4.51. The molecule has 1 amide bonds. The highest BCUT2D eigenvalue weighted by molar-refractivity contribution is 6.06. The van der Waals surface area contributed by atoms with E-state index in [1.165, 1.54) is 30.6 Å². The molecule has 0 spiro atoms. The van der Waals surface area contributed by atoms with Crippen LogP contribution in [0.5, 0.6) is 0 Å². The van der Waals surface area contributed by atoms with Crippen LogP contribution in [0.15, 0.2) is 71.8 Å². The molecule has 150 valence electrons. The van der Waals surface area contributed by atoms with Gasteiger partial charge in [-0.15, -0.1) is 0 Å². The van der Waals surface area contributed by atoms with Gasteiger partial charge in [0.05, 0.1) is 16.8 Å². The number of benzene rings is 2. The molecule has 0 aliphatic carbocycles. The molecule has 4 aromatic rings. The van der Waals surface area contributed by atoms with E-state index in [-0.39, 0.29) is 33.7 Å². The van der Waals surface area contributed by atoms with Crippen molar-refractivity contribution in [3.05, 3.63) is 88.6 Å². The number of H-pyrrole nitrogens is 1. The van der Waals surface area contributed by atoms with E-state index >= 15 is 0 Å². The maximum absolute atomic E-state index is 13.1. The first-order chi connectivity index (χ1) is 14.3. The van der Waals surface area contributed by atoms with Gasteiger partial charge in [-0.1, -0.05) is 18.2 Å². The van der Waals surface area contributed by atoms with Crippen molar-refractivity contribution >= 4 is 22.5 Å². The zero-order valence-electron chi connectivity index (χ0n) is 15.2. The number of alkyl halides is 3. The molecule has 30 heavy (non-hydrogen) atoms. The van der Waals surface area contributed by atoms with Gasteiger partial charge >= 0.3 is 6.18 Å². The SMILES string of the molecule is O=C(Nc1cccc2c(=O)cc(-c3cccc(C(F)(F)F)c3)[nH]c12)c1ncccn1. The number of pyridine rings is 1. The third-order valence-corrected chi connectivity index (χ3v) is 4.38. The van der Waals surface area contributed by atoms with Gasteiger partial charge in [0.25, 0.3) is 5.91 Å². The fourth-order valence-corrected chi connectivity index (χ4v) is 2.99. The standard InChI is InChI=1S/C21H13F3N4O2/c22-21(23,24)13-5-1-4-12(10-13)16-11-17(29)14-6-2-7-15(18(14)27-16)28-20(30)19-25-8-3-9-26-19/h1-11H,(H,27,29)(H,28,30). The van der Waals surface area contributed by atoms with E-state index < -0.39 is 23.1 Å². The highest BCUT2D eigenvalue weighted by Crippen LogP contribution is 2.32. The molecule has 0 saturated heterocycles. The lowest BCUT2D eigenvalue weighted by Crippen LogP contribution is -2.16. The van der Waals surface area contributed by atoms with Gasteiger partial charge in [0.1, 0.15) is 0 Å². The van der Waals surface area contributed by atoms with Crippen LogP contribution in [-0.4, -0.2) is 20.9 Å². The van der Waals surface area contributed by atoms with Crippen molar-refractivity contribution < 1.29 is 18.0 Å². The van der Waals surface area contributed by atoms with Crippen LogP contribution in [0.4, 0.5) is 18.9 Å². The average molecular weight is 410 g/mol. The number of anilines is 1. The van der Waals surface area contributed by atoms with Crippen molar-refractivity contribution in [2.45, 2.75) is 6.18 Å². The Morgan fingerprint density at radius 1 is 0.967 bits per heavy atom. The quantitative estimate of drug-likeness (QED) is 0.528. The maximum atomic E-state index is 13.1. The topological polar surface area (TPSA) is 87.7 Å². The van der Waals surface area contributed by atoms with Crippen molar-refractivity contribution in [3.8, 4) is 11.3 Å². The summed E-state index contributed by atoms with van der Waals surface area (Å²) in [7, 11) is 0. The lowest BCUT2D eigenvalue weighted by Gasteiger charge is -2.12. The summed E-state index contributed by atoms with van der Waals surface area (Å²) in [6.45, 7) is 0. The molecule has 2 N–H and O–H groups in total. The lowest BCUT2D eigenvalue weighted by atomic mass is 10.1. The monoisotopic (exact) mass is 410 g/mol. The van der Waals surface area contributed by atoms with Gasteiger partial charge in [-0.2, -0.15) is 13.2 Å². The average Bonchev–Trinajstić information content (AvgIpc) is 2.74. The van der Waals surface area contributed by atoms with Crippen LogP contribution >= 0.6 is 0 Å². The Labute approximate surface area is 167 Å². The fraction of sp³-hybridized carbons (Fsp3) is 0.0476. The zero-order chi connectivity index (χ0) is 21.3. The largest absolute Gasteiger partial charge is 0.416 e. The number of nitrogens with one attached hydrogen (secondary N) is 2. The first-order valence-corrected chi connectivity index (χ1v) is 8.75. The number of para-hydroxylation sites is 1. The van der Waals surface area contributed by atoms with Crippen LogP contribution in [0.1, 0.15) is 16.2 Å². The Bertz CT molecular complexity index is 1300. The van der Waals surface area contributed by atoms with Crippen molar-refractivity contribution in [2.75, 3.05) is 5.32 Å². The molecule has 9 heteroatoms. The second-order valence-electron chi connectivity index (χ2n) is 6.38. The summed E-state index contributed by atoms with van der Waals surface area (Å²) in [5.41, 5.74) is -0.294. The zero-order valence-corrected chi connectivity index (χ0v) is 15.2. The molecule has 2 aromatic heterocycles. The molecule has 0 unspecified atom stereocenters. The Hall–Kier alpha value is -4.01. The highest BCUT2D eigenvalue weighted by Gasteiger charge is 2.30. The number of aromatic nitrogens is 3. The van der Waals surface area contributed by atoms with E-state index in [4.69, 9.17) is 0 Å². The third-order valence-electron chi connectivity index (χ3n) is 4.38. The van der Waals surface area contributed by atoms with Crippen LogP contribution in [-0.2, 0) is 6.18 Å². The molecule has 0 aliphatic heterocycles. The van der Waals surface area contributed by atoms with Crippen molar-refractivity contribution in [1.29, 1.82) is 0 Å². The molecule has 2 heterocycles. The Morgan fingerprint density at radius 3 is 2.43 bits per heavy atom. The van der Waals surface area contributed by atoms with Gasteiger partial charge in [-0.05, 0) is 35.9 Å². The van der Waals surface area contributed by atoms with Crippen LogP contribution in [0.25, 0.3) is 22.2 Å². The van der Waals surface area contributed by atoms with E-state index in [0.717, 1.165) is 12.1 Å². The molecule has 2 aromatic carbocycles. The van der Waals surface area contributed by atoms with Gasteiger partial charge in [0, 0.05) is 29.5 Å². The summed E-state index contributed by atoms with van der Waals surface area (Å²) in [5.74, 6) is -0.653. The molecular weight excluding hydrogens is 397 g/mol. The molecule has 6 nitrogen and oxygen atoms in total. The Balaban J connectivity index is 1.81. The Kier molecular flexibility index (Phi) is 4.78. The van der Waals surface area contributed by atoms with E-state index in [2.05, 4.69) is 20.3 Å². The van der Waals surface area contributed by atoms with E-state index in [1.54, 1.807) is 24.3 Å². The summed E-state index contributed by atoms with van der Waals surface area (Å²) in [6.07, 6.45) is -1.68. The number of fused-ring (bicyclic) bond motifs is 1. The number of carbonyl (C=O) groups excluding carboxylic acids is 1. The minimum absolute atomic E-state index is 0.0640. The molecular formula is C21H13F3N4O2. The molecule has 0 saturated carbocycles. The Morgan fingerprint density at radius 2 is 1.70 bits per heavy atom. The number of halogens is 3. The number of carbonyl (C=O) groups is 1. The number of hydrogen-bond acceptors (Lipinski definition) is 4. The van der Waals surface area contributed by atoms with Gasteiger partial charge in [0.15, 0.2) is 5.43 Å². The second-order valence-corrected chi connectivity index (χ2v) is 6.38. The number of amides is 1. The van der Waals surface area contributed by atoms with Crippen LogP contribution in [0.3, 0.4) is 0 Å². The van der Waals surface area contributed by atoms with Gasteiger partial charge in [0.2, 0.25) is 5.82 Å². The predicted octanol–water partition coefficient (Wildman–Crippen LogP) is 4.26. The number of hydrogen-bond donors (Lipinski definition) is 2. The summed E-state index contributed by atoms with van der Waals surface area (Å²) in [5, 5.41) is 2.90.